The molecule has 1 rings (SSSR count). The molecule has 0 aromatic carbocycles. The van der Waals surface area contributed by atoms with Gasteiger partial charge in [-0.15, -0.1) is 0 Å². The fourth-order valence-corrected chi connectivity index (χ4v) is 1.82. The molecular formula is C11H20N4O. The standard InChI is InChI=1S/C11H20N4O/c1-2-13-11(16)15-9-7-14(8-10-15)6-4-3-5-12/h2-4,6-10H2,1H3,(H,13,16). The number of unbranched alkanes of at least 4 members (excludes halogenated alkanes) is 1. The zero-order valence-corrected chi connectivity index (χ0v) is 9.91. The van der Waals surface area contributed by atoms with Crippen molar-refractivity contribution in [3.8, 4) is 6.07 Å². The summed E-state index contributed by atoms with van der Waals surface area (Å²) in [7, 11) is 0. The molecule has 0 saturated carbocycles. The zero-order valence-electron chi connectivity index (χ0n) is 9.91. The van der Waals surface area contributed by atoms with Crippen LogP contribution < -0.4 is 5.32 Å². The number of piperazine rings is 1. The van der Waals surface area contributed by atoms with Crippen molar-refractivity contribution < 1.29 is 4.79 Å². The summed E-state index contributed by atoms with van der Waals surface area (Å²) < 4.78 is 0. The van der Waals surface area contributed by atoms with Crippen LogP contribution in [0.2, 0.25) is 0 Å². The van der Waals surface area contributed by atoms with E-state index < -0.39 is 0 Å². The second-order valence-electron chi connectivity index (χ2n) is 3.93. The molecule has 0 aromatic heterocycles. The van der Waals surface area contributed by atoms with Gasteiger partial charge in [-0.05, 0) is 19.9 Å². The summed E-state index contributed by atoms with van der Waals surface area (Å²) in [4.78, 5) is 15.7. The Morgan fingerprint density at radius 1 is 1.38 bits per heavy atom. The van der Waals surface area contributed by atoms with Gasteiger partial charge in [0, 0.05) is 39.1 Å². The van der Waals surface area contributed by atoms with Crippen LogP contribution in [0.15, 0.2) is 0 Å². The predicted octanol–water partition coefficient (Wildman–Crippen LogP) is 0.637. The van der Waals surface area contributed by atoms with E-state index in [0.29, 0.717) is 13.0 Å². The summed E-state index contributed by atoms with van der Waals surface area (Å²) in [6.45, 7) is 7.00. The number of nitriles is 1. The minimum atomic E-state index is 0.0409. The first-order chi connectivity index (χ1) is 7.77. The monoisotopic (exact) mass is 224 g/mol. The molecule has 90 valence electrons. The highest BCUT2D eigenvalue weighted by atomic mass is 16.2. The van der Waals surface area contributed by atoms with Crippen molar-refractivity contribution in [1.82, 2.24) is 15.1 Å². The number of amides is 2. The fraction of sp³-hybridized carbons (Fsp3) is 0.818. The molecule has 16 heavy (non-hydrogen) atoms. The Hall–Kier alpha value is -1.28. The van der Waals surface area contributed by atoms with Crippen molar-refractivity contribution in [3.63, 3.8) is 0 Å². The van der Waals surface area contributed by atoms with Gasteiger partial charge in [0.15, 0.2) is 0 Å². The van der Waals surface area contributed by atoms with Crippen LogP contribution in [0.1, 0.15) is 19.8 Å². The molecule has 1 fully saturated rings. The lowest BCUT2D eigenvalue weighted by atomic mass is 10.2. The number of rotatable bonds is 4. The van der Waals surface area contributed by atoms with E-state index in [-0.39, 0.29) is 6.03 Å². The first kappa shape index (κ1) is 12.8. The average molecular weight is 224 g/mol. The van der Waals surface area contributed by atoms with Gasteiger partial charge in [0.1, 0.15) is 0 Å². The molecule has 5 nitrogen and oxygen atoms in total. The second-order valence-corrected chi connectivity index (χ2v) is 3.93. The van der Waals surface area contributed by atoms with Crippen LogP contribution in [0.5, 0.6) is 0 Å². The minimum absolute atomic E-state index is 0.0409. The lowest BCUT2D eigenvalue weighted by molar-refractivity contribution is 0.139. The molecule has 0 atom stereocenters. The van der Waals surface area contributed by atoms with E-state index in [0.717, 1.165) is 39.1 Å². The Bertz CT molecular complexity index is 253. The van der Waals surface area contributed by atoms with Crippen molar-refractivity contribution in [3.05, 3.63) is 0 Å². The molecule has 1 N–H and O–H groups in total. The summed E-state index contributed by atoms with van der Waals surface area (Å²) >= 11 is 0. The van der Waals surface area contributed by atoms with Gasteiger partial charge in [0.05, 0.1) is 6.07 Å². The van der Waals surface area contributed by atoms with Crippen LogP contribution in [0.3, 0.4) is 0 Å². The number of urea groups is 1. The van der Waals surface area contributed by atoms with Gasteiger partial charge in [0.25, 0.3) is 0 Å². The topological polar surface area (TPSA) is 59.4 Å². The molecule has 1 aliphatic heterocycles. The summed E-state index contributed by atoms with van der Waals surface area (Å²) in [6, 6.07) is 2.19. The highest BCUT2D eigenvalue weighted by molar-refractivity contribution is 5.74. The summed E-state index contributed by atoms with van der Waals surface area (Å²) in [5, 5.41) is 11.2. The number of hydrogen-bond donors (Lipinski definition) is 1. The maximum Gasteiger partial charge on any atom is 0.317 e. The number of nitrogens with zero attached hydrogens (tertiary/aromatic N) is 3. The van der Waals surface area contributed by atoms with Gasteiger partial charge in [-0.2, -0.15) is 5.26 Å². The molecule has 0 aliphatic carbocycles. The maximum absolute atomic E-state index is 11.5. The van der Waals surface area contributed by atoms with E-state index in [1.165, 1.54) is 0 Å². The number of nitrogens with one attached hydrogen (secondary N) is 1. The van der Waals surface area contributed by atoms with Gasteiger partial charge in [-0.3, -0.25) is 4.90 Å². The third-order valence-electron chi connectivity index (χ3n) is 2.75. The molecule has 2 amide bonds. The molecule has 1 heterocycles. The van der Waals surface area contributed by atoms with Gasteiger partial charge < -0.3 is 10.2 Å². The van der Waals surface area contributed by atoms with Crippen molar-refractivity contribution >= 4 is 6.03 Å². The largest absolute Gasteiger partial charge is 0.338 e. The molecule has 5 heteroatoms. The molecule has 0 aromatic rings. The van der Waals surface area contributed by atoms with E-state index in [1.54, 1.807) is 0 Å². The molecule has 0 bridgehead atoms. The molecule has 0 spiro atoms. The van der Waals surface area contributed by atoms with Crippen LogP contribution in [0.25, 0.3) is 0 Å². The summed E-state index contributed by atoms with van der Waals surface area (Å²) in [5.74, 6) is 0. The van der Waals surface area contributed by atoms with Gasteiger partial charge >= 0.3 is 6.03 Å². The SMILES string of the molecule is CCNC(=O)N1CCN(CCCC#N)CC1. The Morgan fingerprint density at radius 2 is 2.06 bits per heavy atom. The Labute approximate surface area is 97.0 Å². The Kier molecular flexibility index (Phi) is 5.65. The Balaban J connectivity index is 2.18. The lowest BCUT2D eigenvalue weighted by Crippen LogP contribution is -2.51. The first-order valence-corrected chi connectivity index (χ1v) is 5.90. The van der Waals surface area contributed by atoms with Crippen molar-refractivity contribution in [2.75, 3.05) is 39.3 Å². The van der Waals surface area contributed by atoms with Crippen LogP contribution in [0, 0.1) is 11.3 Å². The van der Waals surface area contributed by atoms with E-state index in [4.69, 9.17) is 5.26 Å². The first-order valence-electron chi connectivity index (χ1n) is 5.90. The fourth-order valence-electron chi connectivity index (χ4n) is 1.82. The third-order valence-corrected chi connectivity index (χ3v) is 2.75. The maximum atomic E-state index is 11.5. The van der Waals surface area contributed by atoms with Crippen LogP contribution in [-0.4, -0.2) is 55.1 Å². The number of carbonyl (C=O) groups is 1. The smallest absolute Gasteiger partial charge is 0.317 e. The van der Waals surface area contributed by atoms with Gasteiger partial charge in [-0.1, -0.05) is 0 Å². The van der Waals surface area contributed by atoms with E-state index in [1.807, 2.05) is 11.8 Å². The molecule has 1 aliphatic rings. The summed E-state index contributed by atoms with van der Waals surface area (Å²) in [5.41, 5.74) is 0. The molecular weight excluding hydrogens is 204 g/mol. The van der Waals surface area contributed by atoms with Gasteiger partial charge in [0.2, 0.25) is 0 Å². The highest BCUT2D eigenvalue weighted by Gasteiger charge is 2.19. The van der Waals surface area contributed by atoms with Crippen LogP contribution >= 0.6 is 0 Å². The number of carbonyl (C=O) groups excluding carboxylic acids is 1. The minimum Gasteiger partial charge on any atom is -0.338 e. The van der Waals surface area contributed by atoms with Crippen LogP contribution in [0.4, 0.5) is 4.79 Å². The average Bonchev–Trinajstić information content (AvgIpc) is 2.30. The highest BCUT2D eigenvalue weighted by Crippen LogP contribution is 2.03. The second kappa shape index (κ2) is 7.07. The quantitative estimate of drug-likeness (QED) is 0.713. The van der Waals surface area contributed by atoms with E-state index in [2.05, 4.69) is 16.3 Å². The molecule has 1 saturated heterocycles. The zero-order chi connectivity index (χ0) is 11.8. The molecule has 0 unspecified atom stereocenters. The van der Waals surface area contributed by atoms with Gasteiger partial charge in [-0.25, -0.2) is 4.79 Å². The normalized spacial score (nSPS) is 16.9. The van der Waals surface area contributed by atoms with E-state index in [9.17, 15) is 4.79 Å². The Morgan fingerprint density at radius 3 is 2.62 bits per heavy atom. The third kappa shape index (κ3) is 4.07. The van der Waals surface area contributed by atoms with Crippen molar-refractivity contribution in [1.29, 1.82) is 5.26 Å². The number of hydrogen-bond acceptors (Lipinski definition) is 3. The predicted molar refractivity (Wildman–Crippen MR) is 61.9 cm³/mol. The van der Waals surface area contributed by atoms with Crippen LogP contribution in [-0.2, 0) is 0 Å². The molecule has 0 radical (unpaired) electrons. The van der Waals surface area contributed by atoms with Crippen molar-refractivity contribution in [2.24, 2.45) is 0 Å². The van der Waals surface area contributed by atoms with Crippen molar-refractivity contribution in [2.45, 2.75) is 19.8 Å². The van der Waals surface area contributed by atoms with E-state index >= 15 is 0 Å². The lowest BCUT2D eigenvalue weighted by Gasteiger charge is -2.34. The summed E-state index contributed by atoms with van der Waals surface area (Å²) in [6.07, 6.45) is 1.55.